The molecule has 0 saturated heterocycles. The number of carbonyl (C=O) groups excluding carboxylic acids is 1. The number of hydrogen-bond donors (Lipinski definition) is 1. The summed E-state index contributed by atoms with van der Waals surface area (Å²) in [4.78, 5) is 38.3. The van der Waals surface area contributed by atoms with Crippen LogP contribution in [-0.4, -0.2) is 32.6 Å². The molecule has 0 saturated carbocycles. The number of ether oxygens (including phenoxy) is 1. The molecular formula is C21H19Cl2N5O3. The van der Waals surface area contributed by atoms with E-state index in [4.69, 9.17) is 10.5 Å². The lowest BCUT2D eigenvalue weighted by Crippen LogP contribution is -2.25. The molecule has 0 aliphatic heterocycles. The van der Waals surface area contributed by atoms with Gasteiger partial charge in [0.25, 0.3) is 5.56 Å². The first-order valence-electron chi connectivity index (χ1n) is 8.81. The van der Waals surface area contributed by atoms with Gasteiger partial charge in [0.1, 0.15) is 11.2 Å². The summed E-state index contributed by atoms with van der Waals surface area (Å²) >= 11 is 0. The molecule has 0 amide bonds. The summed E-state index contributed by atoms with van der Waals surface area (Å²) in [5.74, 6) is -0.548. The van der Waals surface area contributed by atoms with E-state index in [9.17, 15) is 9.59 Å². The van der Waals surface area contributed by atoms with Gasteiger partial charge in [0.2, 0.25) is 0 Å². The predicted octanol–water partition coefficient (Wildman–Crippen LogP) is 2.98. The number of nitrogens with two attached hydrogens (primary N) is 1. The summed E-state index contributed by atoms with van der Waals surface area (Å²) in [6.07, 6.45) is 5.24. The maximum atomic E-state index is 13.3. The van der Waals surface area contributed by atoms with E-state index in [1.165, 1.54) is 17.7 Å². The van der Waals surface area contributed by atoms with E-state index in [2.05, 4.69) is 15.0 Å². The van der Waals surface area contributed by atoms with E-state index < -0.39 is 5.97 Å². The van der Waals surface area contributed by atoms with Crippen molar-refractivity contribution >= 4 is 47.6 Å². The lowest BCUT2D eigenvalue weighted by atomic mass is 10.1. The Balaban J connectivity index is 0.00000171. The monoisotopic (exact) mass is 459 g/mol. The van der Waals surface area contributed by atoms with E-state index in [-0.39, 0.29) is 35.9 Å². The second-order valence-corrected chi connectivity index (χ2v) is 6.39. The quantitative estimate of drug-likeness (QED) is 0.368. The number of methoxy groups -OCH3 is 1. The molecule has 0 atom stereocenters. The minimum atomic E-state index is -0.548. The molecule has 10 heteroatoms. The van der Waals surface area contributed by atoms with Gasteiger partial charge in [-0.2, -0.15) is 0 Å². The number of carbonyl (C=O) groups is 1. The number of nitrogen functional groups attached to an aromatic ring is 1. The zero-order valence-electron chi connectivity index (χ0n) is 16.4. The Morgan fingerprint density at radius 1 is 1.13 bits per heavy atom. The molecule has 0 spiro atoms. The van der Waals surface area contributed by atoms with Crippen LogP contribution in [0.15, 0.2) is 65.8 Å². The number of fused-ring (bicyclic) bond motifs is 1. The van der Waals surface area contributed by atoms with Crippen molar-refractivity contribution in [1.29, 1.82) is 0 Å². The smallest absolute Gasteiger partial charge is 0.337 e. The molecule has 0 aliphatic carbocycles. The highest BCUT2D eigenvalue weighted by Gasteiger charge is 2.16. The van der Waals surface area contributed by atoms with Crippen LogP contribution in [0.3, 0.4) is 0 Å². The summed E-state index contributed by atoms with van der Waals surface area (Å²) in [7, 11) is 1.28. The third kappa shape index (κ3) is 4.82. The number of rotatable bonds is 4. The molecule has 3 heterocycles. The summed E-state index contributed by atoms with van der Waals surface area (Å²) in [5.41, 5.74) is 8.71. The largest absolute Gasteiger partial charge is 0.465 e. The fourth-order valence-electron chi connectivity index (χ4n) is 3.12. The van der Waals surface area contributed by atoms with Crippen LogP contribution in [0.2, 0.25) is 0 Å². The molecule has 4 aromatic rings. The van der Waals surface area contributed by atoms with Crippen LogP contribution in [0.1, 0.15) is 21.6 Å². The third-order valence-electron chi connectivity index (χ3n) is 4.40. The maximum absolute atomic E-state index is 13.3. The minimum absolute atomic E-state index is 0. The normalized spacial score (nSPS) is 10.1. The van der Waals surface area contributed by atoms with Gasteiger partial charge in [0.05, 0.1) is 18.4 Å². The highest BCUT2D eigenvalue weighted by Crippen LogP contribution is 2.19. The molecule has 4 rings (SSSR count). The summed E-state index contributed by atoms with van der Waals surface area (Å²) in [5, 5.41) is 0. The Hall–Kier alpha value is -3.49. The standard InChI is InChI=1S/C21H17N5O3.2ClH/c1-29-21(28)14-9-15(22)11-16(10-14)26-19-17(5-3-7-24-19)25-18(20(26)27)8-13-4-2-6-23-12-13;;/h2-7,9-12H,8,22H2,1H3;2*1H. The molecule has 3 aromatic heterocycles. The van der Waals surface area contributed by atoms with Crippen molar-refractivity contribution in [1.82, 2.24) is 19.5 Å². The van der Waals surface area contributed by atoms with Gasteiger partial charge < -0.3 is 10.5 Å². The molecule has 1 aromatic carbocycles. The lowest BCUT2D eigenvalue weighted by Gasteiger charge is -2.13. The summed E-state index contributed by atoms with van der Waals surface area (Å²) < 4.78 is 6.20. The molecule has 0 unspecified atom stereocenters. The van der Waals surface area contributed by atoms with E-state index in [1.54, 1.807) is 48.9 Å². The van der Waals surface area contributed by atoms with Crippen molar-refractivity contribution in [3.8, 4) is 5.69 Å². The molecule has 8 nitrogen and oxygen atoms in total. The van der Waals surface area contributed by atoms with E-state index in [0.717, 1.165) is 5.56 Å². The van der Waals surface area contributed by atoms with Crippen LogP contribution in [-0.2, 0) is 11.2 Å². The van der Waals surface area contributed by atoms with Gasteiger partial charge in [-0.15, -0.1) is 24.8 Å². The molecule has 31 heavy (non-hydrogen) atoms. The topological polar surface area (TPSA) is 113 Å². The Labute approximate surface area is 189 Å². The first kappa shape index (κ1) is 23.8. The number of nitrogens with zero attached hydrogens (tertiary/aromatic N) is 4. The van der Waals surface area contributed by atoms with Crippen LogP contribution < -0.4 is 11.3 Å². The van der Waals surface area contributed by atoms with Gasteiger partial charge in [-0.25, -0.2) is 14.8 Å². The number of hydrogen-bond acceptors (Lipinski definition) is 7. The highest BCUT2D eigenvalue weighted by molar-refractivity contribution is 5.91. The zero-order chi connectivity index (χ0) is 20.4. The average molecular weight is 460 g/mol. The molecular weight excluding hydrogens is 441 g/mol. The lowest BCUT2D eigenvalue weighted by molar-refractivity contribution is 0.0600. The van der Waals surface area contributed by atoms with Crippen LogP contribution >= 0.6 is 24.8 Å². The van der Waals surface area contributed by atoms with Crippen LogP contribution in [0, 0.1) is 0 Å². The van der Waals surface area contributed by atoms with E-state index >= 15 is 0 Å². The second kappa shape index (κ2) is 10.0. The number of aromatic nitrogens is 4. The Morgan fingerprint density at radius 2 is 1.90 bits per heavy atom. The second-order valence-electron chi connectivity index (χ2n) is 6.39. The Morgan fingerprint density at radius 3 is 2.61 bits per heavy atom. The van der Waals surface area contributed by atoms with Crippen molar-refractivity contribution in [3.05, 3.63) is 88.2 Å². The fraction of sp³-hybridized carbons (Fsp3) is 0.0952. The Bertz CT molecular complexity index is 1280. The highest BCUT2D eigenvalue weighted by atomic mass is 35.5. The zero-order valence-corrected chi connectivity index (χ0v) is 18.0. The number of benzene rings is 1. The fourth-order valence-corrected chi connectivity index (χ4v) is 3.12. The van der Waals surface area contributed by atoms with Crippen LogP contribution in [0.5, 0.6) is 0 Å². The number of esters is 1. The first-order chi connectivity index (χ1) is 14.1. The summed E-state index contributed by atoms with van der Waals surface area (Å²) in [6, 6.07) is 11.9. The van der Waals surface area contributed by atoms with Gasteiger partial charge in [0.15, 0.2) is 5.65 Å². The first-order valence-corrected chi connectivity index (χ1v) is 8.81. The molecule has 160 valence electrons. The SMILES string of the molecule is COC(=O)c1cc(N)cc(-n2c(=O)c(Cc3cccnc3)nc3cccnc32)c1.Cl.Cl. The van der Waals surface area contributed by atoms with Gasteiger partial charge in [-0.3, -0.25) is 14.3 Å². The number of pyridine rings is 2. The van der Waals surface area contributed by atoms with Crippen molar-refractivity contribution in [2.24, 2.45) is 0 Å². The van der Waals surface area contributed by atoms with Crippen molar-refractivity contribution < 1.29 is 9.53 Å². The molecule has 0 bridgehead atoms. The van der Waals surface area contributed by atoms with E-state index in [0.29, 0.717) is 34.7 Å². The van der Waals surface area contributed by atoms with Crippen molar-refractivity contribution in [3.63, 3.8) is 0 Å². The van der Waals surface area contributed by atoms with Gasteiger partial charge in [0, 0.05) is 30.7 Å². The van der Waals surface area contributed by atoms with Gasteiger partial charge in [-0.05, 0) is 42.0 Å². The van der Waals surface area contributed by atoms with E-state index in [1.807, 2.05) is 6.07 Å². The maximum Gasteiger partial charge on any atom is 0.337 e. The number of anilines is 1. The van der Waals surface area contributed by atoms with Gasteiger partial charge >= 0.3 is 5.97 Å². The minimum Gasteiger partial charge on any atom is -0.465 e. The van der Waals surface area contributed by atoms with Gasteiger partial charge in [-0.1, -0.05) is 6.07 Å². The van der Waals surface area contributed by atoms with Crippen molar-refractivity contribution in [2.75, 3.05) is 12.8 Å². The Kier molecular flexibility index (Phi) is 7.68. The average Bonchev–Trinajstić information content (AvgIpc) is 2.74. The molecule has 0 radical (unpaired) electrons. The molecule has 0 aliphatic rings. The third-order valence-corrected chi connectivity index (χ3v) is 4.40. The van der Waals surface area contributed by atoms with Crippen LogP contribution in [0.4, 0.5) is 5.69 Å². The number of halogens is 2. The summed E-state index contributed by atoms with van der Waals surface area (Å²) in [6.45, 7) is 0. The predicted molar refractivity (Wildman–Crippen MR) is 122 cm³/mol. The molecule has 0 fully saturated rings. The van der Waals surface area contributed by atoms with Crippen molar-refractivity contribution in [2.45, 2.75) is 6.42 Å². The molecule has 2 N–H and O–H groups in total. The van der Waals surface area contributed by atoms with Crippen LogP contribution in [0.25, 0.3) is 16.9 Å².